The second-order valence-electron chi connectivity index (χ2n) is 4.67. The summed E-state index contributed by atoms with van der Waals surface area (Å²) in [5.74, 6) is -3.90. The van der Waals surface area contributed by atoms with E-state index in [4.69, 9.17) is 4.42 Å². The number of pyridine rings is 1. The molecule has 0 radical (unpaired) electrons. The fourth-order valence-electron chi connectivity index (χ4n) is 1.85. The van der Waals surface area contributed by atoms with Crippen molar-refractivity contribution in [3.63, 3.8) is 0 Å². The molecule has 0 saturated carbocycles. The number of alkyl halides is 3. The van der Waals surface area contributed by atoms with Crippen molar-refractivity contribution in [2.75, 3.05) is 0 Å². The van der Waals surface area contributed by atoms with Gasteiger partial charge in [0.2, 0.25) is 11.8 Å². The van der Waals surface area contributed by atoms with E-state index in [9.17, 15) is 22.4 Å². The lowest BCUT2D eigenvalue weighted by Gasteiger charge is -2.07. The Kier molecular flexibility index (Phi) is 4.17. The number of carbonyl (C=O) groups is 1. The van der Waals surface area contributed by atoms with Crippen LogP contribution in [-0.2, 0) is 4.79 Å². The smallest absolute Gasteiger partial charge is 0.416 e. The van der Waals surface area contributed by atoms with Gasteiger partial charge in [-0.05, 0) is 30.3 Å². The number of ether oxygens (including phenoxy) is 1. The van der Waals surface area contributed by atoms with Crippen LogP contribution < -0.4 is 4.74 Å². The highest BCUT2D eigenvalue weighted by molar-refractivity contribution is 5.79. The zero-order chi connectivity index (χ0) is 18.0. The molecule has 0 atom stereocenters. The van der Waals surface area contributed by atoms with Gasteiger partial charge in [-0.3, -0.25) is 0 Å². The minimum absolute atomic E-state index is 0.0635. The van der Waals surface area contributed by atoms with Crippen molar-refractivity contribution in [1.29, 1.82) is 0 Å². The molecule has 2 heterocycles. The van der Waals surface area contributed by atoms with E-state index in [1.54, 1.807) is 0 Å². The van der Waals surface area contributed by atoms with Crippen LogP contribution in [-0.4, -0.2) is 27.3 Å². The zero-order valence-electron chi connectivity index (χ0n) is 12.1. The van der Waals surface area contributed by atoms with E-state index < -0.39 is 23.8 Å². The summed E-state index contributed by atoms with van der Waals surface area (Å²) < 4.78 is 59.8. The molecule has 0 fully saturated rings. The summed E-state index contributed by atoms with van der Waals surface area (Å²) in [6.07, 6.45) is -4.05. The van der Waals surface area contributed by atoms with Gasteiger partial charge >= 0.3 is 12.1 Å². The quantitative estimate of drug-likeness (QED) is 0.530. The fraction of sp³-hybridized carbons (Fsp3) is 0.0667. The number of carbonyl (C=O) groups excluding carboxylic acids is 1. The van der Waals surface area contributed by atoms with Crippen molar-refractivity contribution in [3.05, 3.63) is 48.4 Å². The van der Waals surface area contributed by atoms with Gasteiger partial charge in [0.05, 0.1) is 0 Å². The number of rotatable bonds is 3. The second kappa shape index (κ2) is 6.30. The third-order valence-corrected chi connectivity index (χ3v) is 2.92. The van der Waals surface area contributed by atoms with E-state index in [0.29, 0.717) is 0 Å². The first-order valence-electron chi connectivity index (χ1n) is 6.68. The molecule has 0 N–H and O–H groups in total. The molecule has 3 rings (SSSR count). The highest BCUT2D eigenvalue weighted by Crippen LogP contribution is 2.30. The van der Waals surface area contributed by atoms with Crippen LogP contribution in [0.25, 0.3) is 22.9 Å². The van der Waals surface area contributed by atoms with Crippen molar-refractivity contribution in [2.45, 2.75) is 6.18 Å². The molecule has 6 nitrogen and oxygen atoms in total. The van der Waals surface area contributed by atoms with E-state index in [0.717, 1.165) is 12.3 Å². The molecule has 128 valence electrons. The number of hydrogen-bond acceptors (Lipinski definition) is 6. The highest BCUT2D eigenvalue weighted by Gasteiger charge is 2.42. The molecule has 0 aliphatic carbocycles. The average molecular weight is 353 g/mol. The topological polar surface area (TPSA) is 78.1 Å². The number of hydrogen-bond donors (Lipinski definition) is 0. The van der Waals surface area contributed by atoms with E-state index >= 15 is 0 Å². The second-order valence-corrected chi connectivity index (χ2v) is 4.67. The third kappa shape index (κ3) is 3.62. The summed E-state index contributed by atoms with van der Waals surface area (Å²) in [5, 5.41) is 7.37. The average Bonchev–Trinajstić information content (AvgIpc) is 3.04. The lowest BCUT2D eigenvalue weighted by atomic mass is 10.2. The van der Waals surface area contributed by atoms with Crippen LogP contribution in [0.2, 0.25) is 0 Å². The van der Waals surface area contributed by atoms with Gasteiger partial charge in [-0.25, -0.2) is 14.2 Å². The van der Waals surface area contributed by atoms with Gasteiger partial charge in [0, 0.05) is 11.8 Å². The number of halogens is 4. The predicted octanol–water partition coefficient (Wildman–Crippen LogP) is 3.41. The van der Waals surface area contributed by atoms with Crippen LogP contribution in [0.3, 0.4) is 0 Å². The van der Waals surface area contributed by atoms with Gasteiger partial charge in [-0.2, -0.15) is 13.2 Å². The highest BCUT2D eigenvalue weighted by atomic mass is 19.4. The summed E-state index contributed by atoms with van der Waals surface area (Å²) in [6, 6.07) is 7.96. The fourth-order valence-corrected chi connectivity index (χ4v) is 1.85. The summed E-state index contributed by atoms with van der Waals surface area (Å²) in [4.78, 5) is 14.6. The van der Waals surface area contributed by atoms with Crippen molar-refractivity contribution in [3.8, 4) is 28.8 Å². The van der Waals surface area contributed by atoms with Crippen LogP contribution in [0.4, 0.5) is 17.6 Å². The van der Waals surface area contributed by atoms with E-state index in [1.807, 2.05) is 0 Å². The Balaban J connectivity index is 1.94. The molecule has 0 spiro atoms. The lowest BCUT2D eigenvalue weighted by Crippen LogP contribution is -2.28. The van der Waals surface area contributed by atoms with Crippen LogP contribution in [0, 0.1) is 5.82 Å². The molecule has 2 aromatic heterocycles. The maximum atomic E-state index is 13.2. The molecule has 3 aromatic rings. The number of esters is 1. The summed E-state index contributed by atoms with van der Waals surface area (Å²) in [5.41, 5.74) is 0.159. The SMILES string of the molecule is O=C(Oc1ncccc1-c1nnc(-c2cccc(F)c2)o1)C(F)(F)F. The van der Waals surface area contributed by atoms with E-state index in [-0.39, 0.29) is 22.9 Å². The number of nitrogens with zero attached hydrogens (tertiary/aromatic N) is 3. The third-order valence-electron chi connectivity index (χ3n) is 2.92. The standard InChI is InChI=1S/C15H7F4N3O3/c16-9-4-1-3-8(7-9)11-21-22-13(24-11)10-5-2-6-20-12(10)25-14(23)15(17,18)19/h1-7H. The molecule has 0 unspecified atom stereocenters. The van der Waals surface area contributed by atoms with Gasteiger partial charge in [-0.15, -0.1) is 10.2 Å². The largest absolute Gasteiger partial charge is 0.491 e. The Morgan fingerprint density at radius 3 is 2.56 bits per heavy atom. The normalized spacial score (nSPS) is 11.4. The molecular weight excluding hydrogens is 346 g/mol. The van der Waals surface area contributed by atoms with Crippen molar-refractivity contribution in [1.82, 2.24) is 15.2 Å². The van der Waals surface area contributed by atoms with E-state index in [2.05, 4.69) is 19.9 Å². The molecule has 0 saturated heterocycles. The molecule has 0 aliphatic rings. The van der Waals surface area contributed by atoms with Crippen LogP contribution in [0.5, 0.6) is 5.88 Å². The molecule has 0 bridgehead atoms. The van der Waals surface area contributed by atoms with Gasteiger partial charge < -0.3 is 9.15 Å². The van der Waals surface area contributed by atoms with Crippen LogP contribution in [0.1, 0.15) is 0 Å². The first kappa shape index (κ1) is 16.6. The maximum Gasteiger partial charge on any atom is 0.491 e. The van der Waals surface area contributed by atoms with Crippen molar-refractivity contribution >= 4 is 5.97 Å². The van der Waals surface area contributed by atoms with Crippen LogP contribution in [0.15, 0.2) is 47.0 Å². The zero-order valence-corrected chi connectivity index (χ0v) is 12.1. The first-order valence-corrected chi connectivity index (χ1v) is 6.68. The van der Waals surface area contributed by atoms with Gasteiger partial charge in [0.15, 0.2) is 0 Å². The summed E-state index contributed by atoms with van der Waals surface area (Å²) >= 11 is 0. The maximum absolute atomic E-state index is 13.2. The van der Waals surface area contributed by atoms with Crippen molar-refractivity contribution in [2.24, 2.45) is 0 Å². The predicted molar refractivity (Wildman–Crippen MR) is 74.6 cm³/mol. The van der Waals surface area contributed by atoms with E-state index in [1.165, 1.54) is 30.3 Å². The Bertz CT molecular complexity index is 924. The monoisotopic (exact) mass is 353 g/mol. The van der Waals surface area contributed by atoms with Crippen molar-refractivity contribution < 1.29 is 31.5 Å². The minimum atomic E-state index is -5.18. The molecule has 10 heteroatoms. The van der Waals surface area contributed by atoms with Gasteiger partial charge in [0.1, 0.15) is 11.4 Å². The number of benzene rings is 1. The minimum Gasteiger partial charge on any atom is -0.416 e. The van der Waals surface area contributed by atoms with Gasteiger partial charge in [-0.1, -0.05) is 6.07 Å². The molecule has 0 amide bonds. The first-order chi connectivity index (χ1) is 11.8. The summed E-state index contributed by atoms with van der Waals surface area (Å²) in [6.45, 7) is 0. The van der Waals surface area contributed by atoms with Gasteiger partial charge in [0.25, 0.3) is 5.89 Å². The Labute approximate surface area is 137 Å². The summed E-state index contributed by atoms with van der Waals surface area (Å²) in [7, 11) is 0. The Morgan fingerprint density at radius 1 is 1.08 bits per heavy atom. The Hall–Kier alpha value is -3.30. The number of aromatic nitrogens is 3. The lowest BCUT2D eigenvalue weighted by molar-refractivity contribution is -0.189. The molecule has 0 aliphatic heterocycles. The Morgan fingerprint density at radius 2 is 1.84 bits per heavy atom. The molecule has 1 aromatic carbocycles. The van der Waals surface area contributed by atoms with Crippen LogP contribution >= 0.6 is 0 Å². The molecular formula is C15H7F4N3O3. The molecule has 25 heavy (non-hydrogen) atoms.